The fourth-order valence-electron chi connectivity index (χ4n) is 1.97. The molecule has 0 amide bonds. The number of rotatable bonds is 5. The van der Waals surface area contributed by atoms with E-state index in [1.807, 2.05) is 25.1 Å². The van der Waals surface area contributed by atoms with Gasteiger partial charge in [0.05, 0.1) is 6.54 Å². The Hall–Kier alpha value is -1.74. The molecule has 0 aliphatic rings. The Morgan fingerprint density at radius 3 is 2.42 bits per heavy atom. The van der Waals surface area contributed by atoms with Crippen molar-refractivity contribution in [2.45, 2.75) is 39.8 Å². The highest BCUT2D eigenvalue weighted by Crippen LogP contribution is 2.20. The summed E-state index contributed by atoms with van der Waals surface area (Å²) in [4.78, 5) is 0. The number of furan rings is 1. The van der Waals surface area contributed by atoms with E-state index in [0.717, 1.165) is 22.8 Å². The van der Waals surface area contributed by atoms with E-state index in [-0.39, 0.29) is 0 Å². The minimum atomic E-state index is 0.426. The monoisotopic (exact) mass is 259 g/mol. The molecular weight excluding hydrogens is 238 g/mol. The average molecular weight is 259 g/mol. The fraction of sp³-hybridized carbons (Fsp3) is 0.375. The first-order valence-electron chi connectivity index (χ1n) is 6.61. The Balaban J connectivity index is 1.97. The summed E-state index contributed by atoms with van der Waals surface area (Å²) >= 11 is 0. The van der Waals surface area contributed by atoms with Gasteiger partial charge in [0.2, 0.25) is 0 Å². The first kappa shape index (κ1) is 13.7. The highest BCUT2D eigenvalue weighted by molar-refractivity contribution is 5.29. The van der Waals surface area contributed by atoms with Crippen molar-refractivity contribution in [3.05, 3.63) is 53.0 Å². The lowest BCUT2D eigenvalue weighted by Crippen LogP contribution is -1.96. The van der Waals surface area contributed by atoms with Gasteiger partial charge in [-0.2, -0.15) is 0 Å². The lowest BCUT2D eigenvalue weighted by atomic mass is 10.0. The van der Waals surface area contributed by atoms with Gasteiger partial charge in [0, 0.05) is 0 Å². The second kappa shape index (κ2) is 5.93. The van der Waals surface area contributed by atoms with Gasteiger partial charge in [0.1, 0.15) is 23.9 Å². The zero-order valence-corrected chi connectivity index (χ0v) is 11.8. The van der Waals surface area contributed by atoms with Crippen molar-refractivity contribution >= 4 is 0 Å². The summed E-state index contributed by atoms with van der Waals surface area (Å²) in [6.07, 6.45) is 0. The Morgan fingerprint density at radius 2 is 1.89 bits per heavy atom. The standard InChI is InChI=1S/C16H21NO2/c1-11(2)13-4-6-14(7-5-13)18-10-15-8-12(3)16(9-17)19-15/h4-8,11H,9-10,17H2,1-3H3. The van der Waals surface area contributed by atoms with Crippen molar-refractivity contribution in [3.8, 4) is 5.75 Å². The maximum Gasteiger partial charge on any atom is 0.146 e. The maximum absolute atomic E-state index is 5.71. The first-order valence-corrected chi connectivity index (χ1v) is 6.61. The minimum absolute atomic E-state index is 0.426. The minimum Gasteiger partial charge on any atom is -0.486 e. The van der Waals surface area contributed by atoms with Crippen LogP contribution >= 0.6 is 0 Å². The molecule has 0 aliphatic heterocycles. The summed E-state index contributed by atoms with van der Waals surface area (Å²) < 4.78 is 11.3. The van der Waals surface area contributed by atoms with Crippen LogP contribution in [-0.4, -0.2) is 0 Å². The third-order valence-electron chi connectivity index (χ3n) is 3.18. The van der Waals surface area contributed by atoms with Gasteiger partial charge in [-0.25, -0.2) is 0 Å². The molecule has 1 aromatic carbocycles. The van der Waals surface area contributed by atoms with Crippen LogP contribution < -0.4 is 10.5 Å². The smallest absolute Gasteiger partial charge is 0.146 e. The van der Waals surface area contributed by atoms with Crippen LogP contribution in [0.2, 0.25) is 0 Å². The molecule has 1 aromatic heterocycles. The largest absolute Gasteiger partial charge is 0.486 e. The number of benzene rings is 1. The third-order valence-corrected chi connectivity index (χ3v) is 3.18. The number of aryl methyl sites for hydroxylation is 1. The van der Waals surface area contributed by atoms with Gasteiger partial charge in [-0.1, -0.05) is 26.0 Å². The second-order valence-electron chi connectivity index (χ2n) is 5.04. The van der Waals surface area contributed by atoms with Crippen molar-refractivity contribution in [1.29, 1.82) is 0 Å². The summed E-state index contributed by atoms with van der Waals surface area (Å²) in [5.41, 5.74) is 7.97. The zero-order chi connectivity index (χ0) is 13.8. The molecule has 0 unspecified atom stereocenters. The van der Waals surface area contributed by atoms with Crippen LogP contribution in [0.15, 0.2) is 34.7 Å². The lowest BCUT2D eigenvalue weighted by Gasteiger charge is -2.07. The van der Waals surface area contributed by atoms with E-state index < -0.39 is 0 Å². The van der Waals surface area contributed by atoms with Gasteiger partial charge in [-0.3, -0.25) is 0 Å². The molecule has 2 rings (SSSR count). The van der Waals surface area contributed by atoms with Crippen LogP contribution in [-0.2, 0) is 13.2 Å². The number of ether oxygens (including phenoxy) is 1. The van der Waals surface area contributed by atoms with Gasteiger partial charge < -0.3 is 14.9 Å². The highest BCUT2D eigenvalue weighted by Gasteiger charge is 2.07. The predicted octanol–water partition coefficient (Wildman–Crippen LogP) is 3.75. The summed E-state index contributed by atoms with van der Waals surface area (Å²) in [6.45, 7) is 7.20. The molecule has 0 spiro atoms. The van der Waals surface area contributed by atoms with Crippen molar-refractivity contribution in [3.63, 3.8) is 0 Å². The van der Waals surface area contributed by atoms with Crippen LogP contribution in [0.5, 0.6) is 5.75 Å². The summed E-state index contributed by atoms with van der Waals surface area (Å²) in [7, 11) is 0. The predicted molar refractivity (Wildman–Crippen MR) is 76.2 cm³/mol. The van der Waals surface area contributed by atoms with Crippen molar-refractivity contribution in [1.82, 2.24) is 0 Å². The molecule has 0 saturated heterocycles. The summed E-state index contributed by atoms with van der Waals surface area (Å²) in [6, 6.07) is 10.2. The van der Waals surface area contributed by atoms with Gasteiger partial charge in [0.15, 0.2) is 0 Å². The van der Waals surface area contributed by atoms with E-state index in [9.17, 15) is 0 Å². The number of hydrogen-bond acceptors (Lipinski definition) is 3. The van der Waals surface area contributed by atoms with E-state index in [0.29, 0.717) is 19.1 Å². The van der Waals surface area contributed by atoms with Gasteiger partial charge in [0.25, 0.3) is 0 Å². The topological polar surface area (TPSA) is 48.4 Å². The third kappa shape index (κ3) is 3.38. The maximum atomic E-state index is 5.71. The molecule has 102 valence electrons. The molecule has 2 aromatic rings. The average Bonchev–Trinajstić information content (AvgIpc) is 2.77. The normalized spacial score (nSPS) is 11.0. The van der Waals surface area contributed by atoms with Crippen LogP contribution in [0.3, 0.4) is 0 Å². The van der Waals surface area contributed by atoms with Crippen molar-refractivity contribution in [2.75, 3.05) is 0 Å². The van der Waals surface area contributed by atoms with E-state index in [4.69, 9.17) is 14.9 Å². The molecule has 0 fully saturated rings. The summed E-state index contributed by atoms with van der Waals surface area (Å²) in [5.74, 6) is 3.03. The van der Waals surface area contributed by atoms with E-state index in [1.165, 1.54) is 5.56 Å². The first-order chi connectivity index (χ1) is 9.10. The zero-order valence-electron chi connectivity index (χ0n) is 11.8. The molecule has 19 heavy (non-hydrogen) atoms. The molecule has 0 radical (unpaired) electrons. The number of nitrogens with two attached hydrogens (primary N) is 1. The Morgan fingerprint density at radius 1 is 1.21 bits per heavy atom. The van der Waals surface area contributed by atoms with Crippen molar-refractivity contribution < 1.29 is 9.15 Å². The molecule has 1 heterocycles. The quantitative estimate of drug-likeness (QED) is 0.889. The van der Waals surface area contributed by atoms with E-state index in [2.05, 4.69) is 26.0 Å². The molecule has 0 atom stereocenters. The molecular formula is C16H21NO2. The van der Waals surface area contributed by atoms with Crippen molar-refractivity contribution in [2.24, 2.45) is 5.73 Å². The molecule has 0 aliphatic carbocycles. The molecule has 0 saturated carbocycles. The second-order valence-corrected chi connectivity index (χ2v) is 5.04. The van der Waals surface area contributed by atoms with Gasteiger partial charge in [-0.15, -0.1) is 0 Å². The number of hydrogen-bond donors (Lipinski definition) is 1. The summed E-state index contributed by atoms with van der Waals surface area (Å²) in [5, 5.41) is 0. The Labute approximate surface area is 114 Å². The molecule has 3 nitrogen and oxygen atoms in total. The van der Waals surface area contributed by atoms with Crippen LogP contribution in [0.25, 0.3) is 0 Å². The highest BCUT2D eigenvalue weighted by atomic mass is 16.5. The van der Waals surface area contributed by atoms with E-state index in [1.54, 1.807) is 0 Å². The molecule has 0 bridgehead atoms. The molecule has 3 heteroatoms. The van der Waals surface area contributed by atoms with Crippen LogP contribution in [0.4, 0.5) is 0 Å². The SMILES string of the molecule is Cc1cc(COc2ccc(C(C)C)cc2)oc1CN. The van der Waals surface area contributed by atoms with Crippen LogP contribution in [0, 0.1) is 6.92 Å². The van der Waals surface area contributed by atoms with Gasteiger partial charge >= 0.3 is 0 Å². The molecule has 2 N–H and O–H groups in total. The Bertz CT molecular complexity index is 526. The Kier molecular flexibility index (Phi) is 4.27. The lowest BCUT2D eigenvalue weighted by molar-refractivity contribution is 0.266. The van der Waals surface area contributed by atoms with E-state index >= 15 is 0 Å². The fourth-order valence-corrected chi connectivity index (χ4v) is 1.97. The van der Waals surface area contributed by atoms with Crippen LogP contribution in [0.1, 0.15) is 42.4 Å². The van der Waals surface area contributed by atoms with Gasteiger partial charge in [-0.05, 0) is 42.2 Å².